The van der Waals surface area contributed by atoms with Crippen LogP contribution >= 0.6 is 0 Å². The van der Waals surface area contributed by atoms with Gasteiger partial charge in [-0.3, -0.25) is 28.9 Å². The summed E-state index contributed by atoms with van der Waals surface area (Å²) in [7, 11) is 0. The molecule has 3 heterocycles. The maximum atomic E-state index is 13.5. The van der Waals surface area contributed by atoms with Crippen molar-refractivity contribution in [1.82, 2.24) is 25.3 Å². The number of hydrogen-bond donors (Lipinski definition) is 3. The monoisotopic (exact) mass is 615 g/mol. The van der Waals surface area contributed by atoms with Gasteiger partial charge in [-0.05, 0) is 33.3 Å². The van der Waals surface area contributed by atoms with Gasteiger partial charge >= 0.3 is 29.8 Å². The van der Waals surface area contributed by atoms with E-state index in [9.17, 15) is 38.7 Å². The second-order valence-electron chi connectivity index (χ2n) is 11.9. The lowest BCUT2D eigenvalue weighted by Gasteiger charge is -2.45. The van der Waals surface area contributed by atoms with Crippen LogP contribution in [0, 0.1) is 11.3 Å². The van der Waals surface area contributed by atoms with E-state index in [-0.39, 0.29) is 13.1 Å². The molecule has 15 heteroatoms. The number of hydrogen-bond acceptors (Lipinski definition) is 10. The van der Waals surface area contributed by atoms with Crippen molar-refractivity contribution < 1.29 is 48.1 Å². The van der Waals surface area contributed by atoms with Crippen LogP contribution in [0.25, 0.3) is 0 Å². The van der Waals surface area contributed by atoms with E-state index in [1.54, 1.807) is 65.0 Å². The number of carbonyl (C=O) groups excluding carboxylic acids is 7. The molecule has 0 spiro atoms. The third-order valence-corrected chi connectivity index (χ3v) is 8.01. The number of β-lactam (4-membered cyclic amide) rings is 1. The molecular weight excluding hydrogens is 578 g/mol. The Bertz CT molecular complexity index is 1350. The van der Waals surface area contributed by atoms with Crippen LogP contribution in [0.2, 0.25) is 0 Å². The summed E-state index contributed by atoms with van der Waals surface area (Å²) in [6.07, 6.45) is -1.21. The van der Waals surface area contributed by atoms with Gasteiger partial charge in [0.15, 0.2) is 0 Å². The molecule has 6 amide bonds. The van der Waals surface area contributed by atoms with E-state index in [4.69, 9.17) is 9.47 Å². The molecule has 1 unspecified atom stereocenters. The van der Waals surface area contributed by atoms with Crippen LogP contribution in [0.15, 0.2) is 30.3 Å². The number of urea groups is 1. The fourth-order valence-corrected chi connectivity index (χ4v) is 5.44. The topological polar surface area (TPSA) is 192 Å². The Morgan fingerprint density at radius 3 is 2.30 bits per heavy atom. The summed E-state index contributed by atoms with van der Waals surface area (Å²) in [4.78, 5) is 92.6. The van der Waals surface area contributed by atoms with E-state index in [1.165, 1.54) is 4.90 Å². The average Bonchev–Trinajstić information content (AvgIpc) is 3.22. The fraction of sp³-hybridized carbons (Fsp3) is 0.552. The molecule has 1 aromatic rings. The molecule has 6 atom stereocenters. The van der Waals surface area contributed by atoms with E-state index in [0.717, 1.165) is 9.80 Å². The van der Waals surface area contributed by atoms with Gasteiger partial charge < -0.3 is 35.0 Å². The lowest BCUT2D eigenvalue weighted by molar-refractivity contribution is -0.180. The number of ether oxygens (including phenoxy) is 2. The highest BCUT2D eigenvalue weighted by Gasteiger charge is 2.64. The number of carbonyl (C=O) groups is 7. The summed E-state index contributed by atoms with van der Waals surface area (Å²) < 4.78 is 10.0. The summed E-state index contributed by atoms with van der Waals surface area (Å²) in [5, 5.41) is 16.0. The third kappa shape index (κ3) is 6.09. The van der Waals surface area contributed by atoms with Crippen molar-refractivity contribution in [3.8, 4) is 0 Å². The minimum atomic E-state index is -1.37. The number of fused-ring (bicyclic) bond motifs is 1. The largest absolute Gasteiger partial charge is 0.427 e. The van der Waals surface area contributed by atoms with Gasteiger partial charge in [0, 0.05) is 25.6 Å². The highest BCUT2D eigenvalue weighted by atomic mass is 16.7. The Kier molecular flexibility index (Phi) is 9.27. The van der Waals surface area contributed by atoms with Crippen LogP contribution in [0.4, 0.5) is 4.79 Å². The minimum Gasteiger partial charge on any atom is -0.427 e. The average molecular weight is 616 g/mol. The van der Waals surface area contributed by atoms with Gasteiger partial charge in [0.1, 0.15) is 18.1 Å². The van der Waals surface area contributed by atoms with Gasteiger partial charge in [-0.25, -0.2) is 9.59 Å². The van der Waals surface area contributed by atoms with E-state index in [2.05, 4.69) is 10.6 Å². The number of amides is 6. The Morgan fingerprint density at radius 1 is 1.02 bits per heavy atom. The van der Waals surface area contributed by atoms with Gasteiger partial charge in [0.2, 0.25) is 18.6 Å². The highest BCUT2D eigenvalue weighted by molar-refractivity contribution is 6.38. The highest BCUT2D eigenvalue weighted by Crippen LogP contribution is 2.40. The molecule has 0 saturated carbocycles. The van der Waals surface area contributed by atoms with Gasteiger partial charge in [-0.1, -0.05) is 37.3 Å². The van der Waals surface area contributed by atoms with E-state index in [0.29, 0.717) is 12.1 Å². The van der Waals surface area contributed by atoms with Crippen LogP contribution in [0.3, 0.4) is 0 Å². The van der Waals surface area contributed by atoms with E-state index in [1.807, 2.05) is 0 Å². The van der Waals surface area contributed by atoms with Crippen molar-refractivity contribution >= 4 is 41.6 Å². The molecule has 3 aliphatic heterocycles. The summed E-state index contributed by atoms with van der Waals surface area (Å²) in [6, 6.07) is 2.37. The molecule has 0 radical (unpaired) electrons. The second kappa shape index (κ2) is 12.6. The maximum Gasteiger partial charge on any atom is 0.332 e. The Labute approximate surface area is 253 Å². The number of aliphatic hydroxyl groups excluding tert-OH is 1. The first-order chi connectivity index (χ1) is 20.7. The summed E-state index contributed by atoms with van der Waals surface area (Å²) >= 11 is 0. The van der Waals surface area contributed by atoms with Crippen molar-refractivity contribution in [2.24, 2.45) is 11.3 Å². The zero-order valence-electron chi connectivity index (χ0n) is 25.1. The number of piperazine rings is 1. The number of imide groups is 1. The van der Waals surface area contributed by atoms with Crippen molar-refractivity contribution in [2.75, 3.05) is 26.4 Å². The van der Waals surface area contributed by atoms with Crippen molar-refractivity contribution in [1.29, 1.82) is 0 Å². The molecule has 4 rings (SSSR count). The number of rotatable bonds is 8. The van der Waals surface area contributed by atoms with Crippen LogP contribution in [0.5, 0.6) is 0 Å². The molecule has 3 saturated heterocycles. The molecule has 3 fully saturated rings. The van der Waals surface area contributed by atoms with Crippen molar-refractivity contribution in [3.63, 3.8) is 0 Å². The Balaban J connectivity index is 1.44. The number of likely N-dealkylation sites (N-methyl/N-ethyl adjacent to an activating group) is 1. The zero-order chi connectivity index (χ0) is 32.5. The van der Waals surface area contributed by atoms with Gasteiger partial charge in [0.05, 0.1) is 17.6 Å². The number of esters is 2. The number of aliphatic hydroxyl groups is 1. The van der Waals surface area contributed by atoms with Crippen LogP contribution < -0.4 is 10.6 Å². The molecular formula is C29H37N5O10. The molecule has 15 nitrogen and oxygen atoms in total. The smallest absolute Gasteiger partial charge is 0.332 e. The van der Waals surface area contributed by atoms with Crippen LogP contribution in [0.1, 0.15) is 46.2 Å². The Morgan fingerprint density at radius 2 is 1.68 bits per heavy atom. The molecule has 0 aromatic heterocycles. The lowest BCUT2D eigenvalue weighted by Crippen LogP contribution is -2.73. The molecule has 0 bridgehead atoms. The third-order valence-electron chi connectivity index (χ3n) is 8.01. The van der Waals surface area contributed by atoms with Gasteiger partial charge in [-0.15, -0.1) is 0 Å². The molecule has 238 valence electrons. The summed E-state index contributed by atoms with van der Waals surface area (Å²) in [6.45, 7) is 7.86. The Hall–Kier alpha value is -4.53. The van der Waals surface area contributed by atoms with Gasteiger partial charge in [-0.2, -0.15) is 0 Å². The quantitative estimate of drug-likeness (QED) is 0.146. The maximum absolute atomic E-state index is 13.5. The fourth-order valence-electron chi connectivity index (χ4n) is 5.44. The molecule has 3 N–H and O–H groups in total. The summed E-state index contributed by atoms with van der Waals surface area (Å²) in [5.74, 6) is -5.57. The van der Waals surface area contributed by atoms with Crippen LogP contribution in [-0.4, -0.2) is 112 Å². The second-order valence-corrected chi connectivity index (χ2v) is 11.9. The van der Waals surface area contributed by atoms with E-state index < -0.39 is 90.0 Å². The van der Waals surface area contributed by atoms with Crippen molar-refractivity contribution in [2.45, 2.75) is 64.9 Å². The number of nitrogens with one attached hydrogen (secondary N) is 2. The number of benzene rings is 1. The molecule has 44 heavy (non-hydrogen) atoms. The normalized spacial score (nSPS) is 25.5. The predicted octanol–water partition coefficient (Wildman–Crippen LogP) is -0.707. The first-order valence-electron chi connectivity index (χ1n) is 14.3. The molecule has 1 aromatic carbocycles. The van der Waals surface area contributed by atoms with Crippen LogP contribution in [-0.2, 0) is 38.2 Å². The zero-order valence-corrected chi connectivity index (χ0v) is 25.1. The first kappa shape index (κ1) is 32.4. The van der Waals surface area contributed by atoms with Crippen molar-refractivity contribution in [3.05, 3.63) is 35.9 Å². The lowest BCUT2D eigenvalue weighted by atomic mass is 9.91. The van der Waals surface area contributed by atoms with Gasteiger partial charge in [0.25, 0.3) is 0 Å². The summed E-state index contributed by atoms with van der Waals surface area (Å²) in [5.41, 5.74) is -0.485. The molecule has 0 aliphatic carbocycles. The minimum absolute atomic E-state index is 0.0670. The first-order valence-corrected chi connectivity index (χ1v) is 14.3. The SMILES string of the molecule is CCN1CCN(C(=O)N[C@@H](C(=O)N[C@@H]2C(=O)N3[C@@H]2C(O)[C@H](C)[C@@H]3C(=O)OCOC(=O)C(C)(C)C)c2ccccc2)C(=O)C1=O. The standard InChI is InChI=1S/C29H37N5O10/c1-6-32-12-13-33(25(39)24(32)38)28(42)31-17(16-10-8-7-9-11-16)22(36)30-18-20-21(35)15(2)19(34(20)23(18)37)26(40)43-14-44-27(41)29(3,4)5/h7-11,15,17-21,35H,6,12-14H2,1-5H3,(H,30,36)(H,31,42)/t15-,17-,18+,19-,20+,21?/m1/s1. The van der Waals surface area contributed by atoms with E-state index >= 15 is 0 Å². The number of nitrogens with zero attached hydrogens (tertiary/aromatic N) is 3. The predicted molar refractivity (Wildman–Crippen MR) is 150 cm³/mol. The molecule has 3 aliphatic rings.